The normalized spacial score (nSPS) is 35.2. The average molecular weight is 258 g/mol. The molecule has 1 rings (SSSR count). The van der Waals surface area contributed by atoms with Gasteiger partial charge < -0.3 is 14.3 Å². The maximum atomic E-state index is 10.2. The second-order valence-corrected chi connectivity index (χ2v) is 11.4. The Kier molecular flexibility index (Phi) is 4.51. The molecule has 17 heavy (non-hydrogen) atoms. The number of ether oxygens (including phenoxy) is 1. The highest BCUT2D eigenvalue weighted by atomic mass is 28.4. The van der Waals surface area contributed by atoms with Gasteiger partial charge in [-0.25, -0.2) is 0 Å². The molecule has 0 aliphatic carbocycles. The Morgan fingerprint density at radius 3 is 2.24 bits per heavy atom. The van der Waals surface area contributed by atoms with Crippen LogP contribution in [-0.2, 0) is 9.16 Å². The lowest BCUT2D eigenvalue weighted by atomic mass is 9.93. The summed E-state index contributed by atoms with van der Waals surface area (Å²) < 4.78 is 12.0. The van der Waals surface area contributed by atoms with Crippen LogP contribution in [0.3, 0.4) is 0 Å². The van der Waals surface area contributed by atoms with Crippen LogP contribution in [0.15, 0.2) is 0 Å². The first kappa shape index (κ1) is 15.2. The molecule has 1 unspecified atom stereocenters. The Labute approximate surface area is 107 Å². The number of aliphatic hydroxyl groups excluding tert-OH is 1. The van der Waals surface area contributed by atoms with E-state index in [0.29, 0.717) is 0 Å². The Morgan fingerprint density at radius 2 is 1.88 bits per heavy atom. The zero-order chi connectivity index (χ0) is 13.4. The maximum Gasteiger partial charge on any atom is 0.192 e. The van der Waals surface area contributed by atoms with E-state index in [1.165, 1.54) is 0 Å². The molecule has 1 fully saturated rings. The largest absolute Gasteiger partial charge is 0.409 e. The molecule has 0 aromatic carbocycles. The van der Waals surface area contributed by atoms with Crippen LogP contribution < -0.4 is 0 Å². The molecule has 0 amide bonds. The topological polar surface area (TPSA) is 38.7 Å². The zero-order valence-corrected chi connectivity index (χ0v) is 13.3. The SMILES string of the molecule is B[C@@H]1O[C@H](CC)[C@H](O)C1O[Si](C)(C)C(C)(C)C. The Balaban J connectivity index is 2.75. The molecule has 0 spiro atoms. The van der Waals surface area contributed by atoms with Crippen molar-refractivity contribution < 1.29 is 14.3 Å². The van der Waals surface area contributed by atoms with Gasteiger partial charge in [0.2, 0.25) is 0 Å². The first-order valence-corrected chi connectivity index (χ1v) is 9.52. The molecule has 0 aromatic rings. The number of rotatable bonds is 3. The minimum atomic E-state index is -1.84. The summed E-state index contributed by atoms with van der Waals surface area (Å²) in [6.07, 6.45) is 0.118. The molecule has 1 saturated heterocycles. The van der Waals surface area contributed by atoms with Crippen LogP contribution in [0, 0.1) is 0 Å². The molecule has 0 aromatic heterocycles. The third-order valence-corrected chi connectivity index (χ3v) is 8.68. The molecule has 1 aliphatic heterocycles. The number of aliphatic hydroxyl groups is 1. The van der Waals surface area contributed by atoms with Crippen molar-refractivity contribution in [3.63, 3.8) is 0 Å². The molecule has 0 radical (unpaired) electrons. The average Bonchev–Trinajstić information content (AvgIpc) is 2.43. The number of hydrogen-bond acceptors (Lipinski definition) is 3. The smallest absolute Gasteiger partial charge is 0.192 e. The standard InChI is InChI=1S/C12H27BO3Si/c1-7-8-9(14)10(11(13)15-8)16-17(5,6)12(2,3)4/h8-11,14H,7,13H2,1-6H3/t8-,9+,10?,11-/m1/s1. The molecule has 5 heteroatoms. The summed E-state index contributed by atoms with van der Waals surface area (Å²) >= 11 is 0. The zero-order valence-electron chi connectivity index (χ0n) is 12.3. The molecular formula is C12H27BO3Si. The van der Waals surface area contributed by atoms with Gasteiger partial charge in [0.1, 0.15) is 14.0 Å². The second-order valence-electron chi connectivity index (χ2n) is 6.62. The predicted octanol–water partition coefficient (Wildman–Crippen LogP) is 1.51. The van der Waals surface area contributed by atoms with Gasteiger partial charge in [-0.3, -0.25) is 0 Å². The third-order valence-electron chi connectivity index (χ3n) is 4.21. The molecule has 1 N–H and O–H groups in total. The summed E-state index contributed by atoms with van der Waals surface area (Å²) in [6, 6.07) is -0.0101. The minimum Gasteiger partial charge on any atom is -0.409 e. The molecule has 1 heterocycles. The van der Waals surface area contributed by atoms with Gasteiger partial charge in [-0.1, -0.05) is 27.7 Å². The van der Waals surface area contributed by atoms with Crippen LogP contribution in [0.25, 0.3) is 0 Å². The van der Waals surface area contributed by atoms with Crippen LogP contribution in [0.1, 0.15) is 34.1 Å². The van der Waals surface area contributed by atoms with Crippen molar-refractivity contribution in [2.45, 2.75) is 76.6 Å². The Hall–Kier alpha value is 0.162. The molecular weight excluding hydrogens is 231 g/mol. The van der Waals surface area contributed by atoms with Gasteiger partial charge >= 0.3 is 0 Å². The molecule has 3 nitrogen and oxygen atoms in total. The summed E-state index contributed by atoms with van der Waals surface area (Å²) in [5.41, 5.74) is 0. The molecule has 100 valence electrons. The van der Waals surface area contributed by atoms with Crippen molar-refractivity contribution in [3.8, 4) is 0 Å². The lowest BCUT2D eigenvalue weighted by molar-refractivity contribution is 0.0231. The third kappa shape index (κ3) is 3.13. The summed E-state index contributed by atoms with van der Waals surface area (Å²) in [4.78, 5) is 0. The quantitative estimate of drug-likeness (QED) is 0.780. The van der Waals surface area contributed by atoms with Crippen molar-refractivity contribution >= 4 is 16.2 Å². The first-order chi connectivity index (χ1) is 7.60. The van der Waals surface area contributed by atoms with Crippen LogP contribution in [0.5, 0.6) is 0 Å². The van der Waals surface area contributed by atoms with E-state index in [-0.39, 0.29) is 23.2 Å². The van der Waals surface area contributed by atoms with E-state index in [9.17, 15) is 5.11 Å². The minimum absolute atomic E-state index is 0.0101. The van der Waals surface area contributed by atoms with Crippen molar-refractivity contribution in [2.24, 2.45) is 0 Å². The molecule has 0 saturated carbocycles. The highest BCUT2D eigenvalue weighted by molar-refractivity contribution is 6.74. The van der Waals surface area contributed by atoms with Crippen molar-refractivity contribution in [2.75, 3.05) is 0 Å². The van der Waals surface area contributed by atoms with E-state index in [0.717, 1.165) is 6.42 Å². The van der Waals surface area contributed by atoms with Gasteiger partial charge in [0.05, 0.1) is 18.2 Å². The van der Waals surface area contributed by atoms with E-state index in [4.69, 9.17) is 9.16 Å². The molecule has 4 atom stereocenters. The van der Waals surface area contributed by atoms with Crippen LogP contribution >= 0.6 is 0 Å². The number of hydrogen-bond donors (Lipinski definition) is 1. The lowest BCUT2D eigenvalue weighted by Gasteiger charge is -2.39. The van der Waals surface area contributed by atoms with Gasteiger partial charge in [0.25, 0.3) is 0 Å². The van der Waals surface area contributed by atoms with Crippen molar-refractivity contribution in [1.82, 2.24) is 0 Å². The molecule has 1 aliphatic rings. The van der Waals surface area contributed by atoms with Crippen LogP contribution in [0.4, 0.5) is 0 Å². The first-order valence-electron chi connectivity index (χ1n) is 6.61. The van der Waals surface area contributed by atoms with Crippen LogP contribution in [0.2, 0.25) is 18.1 Å². The fourth-order valence-electron chi connectivity index (χ4n) is 1.94. The fourth-order valence-corrected chi connectivity index (χ4v) is 3.31. The van der Waals surface area contributed by atoms with Gasteiger partial charge in [0, 0.05) is 0 Å². The summed E-state index contributed by atoms with van der Waals surface area (Å²) in [7, 11) is 0.161. The highest BCUT2D eigenvalue weighted by Crippen LogP contribution is 2.39. The highest BCUT2D eigenvalue weighted by Gasteiger charge is 2.47. The van der Waals surface area contributed by atoms with E-state index >= 15 is 0 Å². The van der Waals surface area contributed by atoms with E-state index < -0.39 is 14.4 Å². The summed E-state index contributed by atoms with van der Waals surface area (Å²) in [5, 5.41) is 10.4. The predicted molar refractivity (Wildman–Crippen MR) is 75.6 cm³/mol. The Bertz CT molecular complexity index is 265. The van der Waals surface area contributed by atoms with Gasteiger partial charge in [0.15, 0.2) is 8.32 Å². The fraction of sp³-hybridized carbons (Fsp3) is 1.00. The summed E-state index contributed by atoms with van der Waals surface area (Å²) in [5.74, 6) is 0. The lowest BCUT2D eigenvalue weighted by Crippen LogP contribution is -2.49. The van der Waals surface area contributed by atoms with E-state index in [1.54, 1.807) is 0 Å². The second kappa shape index (κ2) is 5.04. The van der Waals surface area contributed by atoms with E-state index in [1.807, 2.05) is 14.8 Å². The van der Waals surface area contributed by atoms with Crippen LogP contribution in [-0.4, -0.2) is 45.6 Å². The maximum absolute atomic E-state index is 10.2. The van der Waals surface area contributed by atoms with Gasteiger partial charge in [-0.15, -0.1) is 0 Å². The van der Waals surface area contributed by atoms with E-state index in [2.05, 4.69) is 33.9 Å². The van der Waals surface area contributed by atoms with Crippen molar-refractivity contribution in [1.29, 1.82) is 0 Å². The Morgan fingerprint density at radius 1 is 1.35 bits per heavy atom. The monoisotopic (exact) mass is 258 g/mol. The van der Waals surface area contributed by atoms with Gasteiger partial charge in [-0.2, -0.15) is 0 Å². The van der Waals surface area contributed by atoms with Gasteiger partial charge in [-0.05, 0) is 24.6 Å². The summed E-state index contributed by atoms with van der Waals surface area (Å²) in [6.45, 7) is 13.1. The van der Waals surface area contributed by atoms with Crippen molar-refractivity contribution in [3.05, 3.63) is 0 Å². The molecule has 0 bridgehead atoms.